The Morgan fingerprint density at radius 3 is 2.48 bits per heavy atom. The molecule has 0 spiro atoms. The number of amides is 1. The molecule has 1 amide bonds. The Bertz CT molecular complexity index is 680. The van der Waals surface area contributed by atoms with Crippen LogP contribution in [0.5, 0.6) is 11.5 Å². The molecular weight excluding hydrogens is 317 g/mol. The van der Waals surface area contributed by atoms with Crippen LogP contribution in [0.25, 0.3) is 0 Å². The van der Waals surface area contributed by atoms with Crippen molar-refractivity contribution in [2.24, 2.45) is 0 Å². The molecule has 2 aromatic rings. The van der Waals surface area contributed by atoms with Crippen LogP contribution in [0.4, 0.5) is 5.69 Å². The van der Waals surface area contributed by atoms with Crippen molar-refractivity contribution in [2.45, 2.75) is 0 Å². The number of carbonyl (C=O) groups excluding carboxylic acids is 1. The fourth-order valence-electron chi connectivity index (χ4n) is 1.60. The number of benzene rings is 1. The largest absolute Gasteiger partial charge is 0.495 e. The number of hydrogen-bond acceptors (Lipinski definition) is 5. The van der Waals surface area contributed by atoms with Gasteiger partial charge in [0.05, 0.1) is 37.3 Å². The Morgan fingerprint density at radius 2 is 1.86 bits per heavy atom. The standard InChI is InChI=1S/C13H11Cl2N3O3/c1-20-10-4-8(11(21-2)3-7(10)14)18-13(19)9-5-16-6-12(15)17-9/h3-6H,1-2H3,(H,18,19). The van der Waals surface area contributed by atoms with Gasteiger partial charge >= 0.3 is 0 Å². The molecule has 8 heteroatoms. The lowest BCUT2D eigenvalue weighted by Crippen LogP contribution is -2.14. The Hall–Kier alpha value is -2.05. The minimum atomic E-state index is -0.479. The molecule has 0 aliphatic rings. The Kier molecular flexibility index (Phi) is 4.82. The van der Waals surface area contributed by atoms with Crippen LogP contribution in [0.3, 0.4) is 0 Å². The van der Waals surface area contributed by atoms with Crippen LogP contribution in [0, 0.1) is 0 Å². The molecule has 2 rings (SSSR count). The fraction of sp³-hybridized carbons (Fsp3) is 0.154. The van der Waals surface area contributed by atoms with Gasteiger partial charge in [0.15, 0.2) is 0 Å². The first-order valence-electron chi connectivity index (χ1n) is 5.75. The Morgan fingerprint density at radius 1 is 1.14 bits per heavy atom. The molecule has 0 aliphatic heterocycles. The summed E-state index contributed by atoms with van der Waals surface area (Å²) in [6, 6.07) is 3.09. The van der Waals surface area contributed by atoms with E-state index in [0.29, 0.717) is 22.2 Å². The third kappa shape index (κ3) is 3.53. The number of carbonyl (C=O) groups is 1. The molecule has 0 saturated carbocycles. The second-order valence-corrected chi connectivity index (χ2v) is 4.66. The Labute approximate surface area is 131 Å². The predicted octanol–water partition coefficient (Wildman–Crippen LogP) is 3.05. The molecule has 110 valence electrons. The average Bonchev–Trinajstić information content (AvgIpc) is 2.48. The topological polar surface area (TPSA) is 73.3 Å². The molecule has 1 aromatic carbocycles. The van der Waals surface area contributed by atoms with Crippen molar-refractivity contribution >= 4 is 34.8 Å². The summed E-state index contributed by atoms with van der Waals surface area (Å²) in [6.07, 6.45) is 2.64. The van der Waals surface area contributed by atoms with Crippen LogP contribution >= 0.6 is 23.2 Å². The van der Waals surface area contributed by atoms with Crippen molar-refractivity contribution in [2.75, 3.05) is 19.5 Å². The summed E-state index contributed by atoms with van der Waals surface area (Å²) in [6.45, 7) is 0. The first-order chi connectivity index (χ1) is 10.0. The molecular formula is C13H11Cl2N3O3. The fourth-order valence-corrected chi connectivity index (χ4v) is 1.97. The first-order valence-corrected chi connectivity index (χ1v) is 6.51. The minimum absolute atomic E-state index is 0.0819. The van der Waals surface area contributed by atoms with Crippen LogP contribution < -0.4 is 14.8 Å². The number of ether oxygens (including phenoxy) is 2. The zero-order valence-electron chi connectivity index (χ0n) is 11.2. The molecule has 21 heavy (non-hydrogen) atoms. The molecule has 1 heterocycles. The molecule has 0 aliphatic carbocycles. The number of halogens is 2. The molecule has 1 aromatic heterocycles. The van der Waals surface area contributed by atoms with E-state index < -0.39 is 5.91 Å². The van der Waals surface area contributed by atoms with Gasteiger partial charge in [0.25, 0.3) is 5.91 Å². The average molecular weight is 328 g/mol. The van der Waals surface area contributed by atoms with Crippen LogP contribution in [0.1, 0.15) is 10.5 Å². The molecule has 1 N–H and O–H groups in total. The van der Waals surface area contributed by atoms with Crippen molar-refractivity contribution in [1.82, 2.24) is 9.97 Å². The summed E-state index contributed by atoms with van der Waals surface area (Å²) in [4.78, 5) is 19.8. The molecule has 6 nitrogen and oxygen atoms in total. The smallest absolute Gasteiger partial charge is 0.276 e. The monoisotopic (exact) mass is 327 g/mol. The first kappa shape index (κ1) is 15.3. The third-order valence-electron chi connectivity index (χ3n) is 2.56. The number of methoxy groups -OCH3 is 2. The second-order valence-electron chi connectivity index (χ2n) is 3.87. The van der Waals surface area contributed by atoms with E-state index in [4.69, 9.17) is 32.7 Å². The van der Waals surface area contributed by atoms with Gasteiger partial charge in [0, 0.05) is 12.1 Å². The molecule has 0 fully saturated rings. The predicted molar refractivity (Wildman–Crippen MR) is 79.6 cm³/mol. The van der Waals surface area contributed by atoms with Gasteiger partial charge in [-0.15, -0.1) is 0 Å². The van der Waals surface area contributed by atoms with Crippen molar-refractivity contribution in [1.29, 1.82) is 0 Å². The number of rotatable bonds is 4. The summed E-state index contributed by atoms with van der Waals surface area (Å²) >= 11 is 11.7. The van der Waals surface area contributed by atoms with Gasteiger partial charge in [0.2, 0.25) is 0 Å². The highest BCUT2D eigenvalue weighted by Gasteiger charge is 2.15. The quantitative estimate of drug-likeness (QED) is 0.934. The lowest BCUT2D eigenvalue weighted by atomic mass is 10.2. The van der Waals surface area contributed by atoms with E-state index in [9.17, 15) is 4.79 Å². The van der Waals surface area contributed by atoms with E-state index in [0.717, 1.165) is 0 Å². The summed E-state index contributed by atoms with van der Waals surface area (Å²) in [5.74, 6) is 0.321. The molecule has 0 atom stereocenters. The maximum Gasteiger partial charge on any atom is 0.276 e. The Balaban J connectivity index is 2.32. The van der Waals surface area contributed by atoms with Gasteiger partial charge in [-0.1, -0.05) is 23.2 Å². The second kappa shape index (κ2) is 6.60. The highest BCUT2D eigenvalue weighted by Crippen LogP contribution is 2.35. The van der Waals surface area contributed by atoms with E-state index in [1.807, 2.05) is 0 Å². The molecule has 0 bridgehead atoms. The SMILES string of the molecule is COc1cc(NC(=O)c2cncc(Cl)n2)c(OC)cc1Cl. The van der Waals surface area contributed by atoms with Gasteiger partial charge in [-0.3, -0.25) is 9.78 Å². The summed E-state index contributed by atoms with van der Waals surface area (Å²) in [5.41, 5.74) is 0.476. The molecule has 0 radical (unpaired) electrons. The van der Waals surface area contributed by atoms with Crippen molar-refractivity contribution < 1.29 is 14.3 Å². The van der Waals surface area contributed by atoms with Gasteiger partial charge in [-0.2, -0.15) is 0 Å². The van der Waals surface area contributed by atoms with E-state index >= 15 is 0 Å². The normalized spacial score (nSPS) is 10.1. The van der Waals surface area contributed by atoms with E-state index in [-0.39, 0.29) is 10.8 Å². The number of nitrogens with one attached hydrogen (secondary N) is 1. The number of aromatic nitrogens is 2. The molecule has 0 unspecified atom stereocenters. The molecule has 0 saturated heterocycles. The van der Waals surface area contributed by atoms with Crippen LogP contribution in [0.15, 0.2) is 24.5 Å². The summed E-state index contributed by atoms with van der Waals surface area (Å²) in [5, 5.41) is 3.14. The third-order valence-corrected chi connectivity index (χ3v) is 3.04. The van der Waals surface area contributed by atoms with Gasteiger partial charge in [0.1, 0.15) is 22.3 Å². The van der Waals surface area contributed by atoms with Crippen molar-refractivity contribution in [3.8, 4) is 11.5 Å². The summed E-state index contributed by atoms with van der Waals surface area (Å²) < 4.78 is 10.3. The number of hydrogen-bond donors (Lipinski definition) is 1. The zero-order valence-corrected chi connectivity index (χ0v) is 12.7. The van der Waals surface area contributed by atoms with E-state index in [1.165, 1.54) is 26.6 Å². The van der Waals surface area contributed by atoms with Gasteiger partial charge in [-0.05, 0) is 0 Å². The minimum Gasteiger partial charge on any atom is -0.495 e. The van der Waals surface area contributed by atoms with Crippen molar-refractivity contribution in [3.63, 3.8) is 0 Å². The van der Waals surface area contributed by atoms with Gasteiger partial charge in [-0.25, -0.2) is 4.98 Å². The maximum absolute atomic E-state index is 12.1. The highest BCUT2D eigenvalue weighted by molar-refractivity contribution is 6.32. The van der Waals surface area contributed by atoms with Crippen molar-refractivity contribution in [3.05, 3.63) is 40.4 Å². The van der Waals surface area contributed by atoms with Crippen LogP contribution in [-0.4, -0.2) is 30.1 Å². The van der Waals surface area contributed by atoms with Gasteiger partial charge < -0.3 is 14.8 Å². The lowest BCUT2D eigenvalue weighted by molar-refractivity contribution is 0.102. The number of nitrogens with zero attached hydrogens (tertiary/aromatic N) is 2. The summed E-state index contributed by atoms with van der Waals surface area (Å²) in [7, 11) is 2.94. The van der Waals surface area contributed by atoms with E-state index in [1.54, 1.807) is 12.1 Å². The number of anilines is 1. The van der Waals surface area contributed by atoms with Crippen LogP contribution in [0.2, 0.25) is 10.2 Å². The highest BCUT2D eigenvalue weighted by atomic mass is 35.5. The van der Waals surface area contributed by atoms with E-state index in [2.05, 4.69) is 15.3 Å². The maximum atomic E-state index is 12.1. The van der Waals surface area contributed by atoms with Crippen LogP contribution in [-0.2, 0) is 0 Å². The zero-order chi connectivity index (χ0) is 15.4. The lowest BCUT2D eigenvalue weighted by Gasteiger charge is -2.12.